The van der Waals surface area contributed by atoms with Crippen LogP contribution in [0, 0.1) is 18.3 Å². The zero-order chi connectivity index (χ0) is 18.4. The maximum absolute atomic E-state index is 12.2. The highest BCUT2D eigenvalue weighted by Crippen LogP contribution is 2.15. The zero-order valence-electron chi connectivity index (χ0n) is 14.1. The van der Waals surface area contributed by atoms with E-state index in [4.69, 9.17) is 19.2 Å². The molecule has 0 amide bonds. The number of nitrogens with zero attached hydrogens (tertiary/aromatic N) is 2. The molecule has 130 valence electrons. The van der Waals surface area contributed by atoms with E-state index in [2.05, 4.69) is 11.1 Å². The third-order valence-corrected chi connectivity index (χ3v) is 3.55. The average molecular weight is 348 g/mol. The highest BCUT2D eigenvalue weighted by molar-refractivity contribution is 5.89. The lowest BCUT2D eigenvalue weighted by atomic mass is 10.1. The molecule has 0 saturated heterocycles. The lowest BCUT2D eigenvalue weighted by Crippen LogP contribution is -2.06. The topological polar surface area (TPSA) is 85.4 Å². The summed E-state index contributed by atoms with van der Waals surface area (Å²) >= 11 is 0. The highest BCUT2D eigenvalue weighted by atomic mass is 16.5. The maximum atomic E-state index is 12.2. The number of aromatic nitrogens is 1. The van der Waals surface area contributed by atoms with Crippen LogP contribution in [-0.2, 0) is 18.0 Å². The van der Waals surface area contributed by atoms with Gasteiger partial charge in [-0.3, -0.25) is 0 Å². The minimum Gasteiger partial charge on any atom is -0.489 e. The van der Waals surface area contributed by atoms with Crippen molar-refractivity contribution < 1.29 is 18.7 Å². The molecule has 0 aliphatic heterocycles. The Hall–Kier alpha value is -3.59. The van der Waals surface area contributed by atoms with Crippen LogP contribution in [0.15, 0.2) is 59.1 Å². The van der Waals surface area contributed by atoms with Gasteiger partial charge in [0.05, 0.1) is 23.4 Å². The second kappa shape index (κ2) is 7.99. The van der Waals surface area contributed by atoms with Gasteiger partial charge in [-0.15, -0.1) is 0 Å². The molecule has 3 rings (SSSR count). The van der Waals surface area contributed by atoms with Crippen molar-refractivity contribution in [1.29, 1.82) is 5.26 Å². The fraction of sp³-hybridized carbons (Fsp3) is 0.150. The number of hydrogen-bond acceptors (Lipinski definition) is 6. The van der Waals surface area contributed by atoms with Gasteiger partial charge in [0.15, 0.2) is 6.61 Å². The van der Waals surface area contributed by atoms with Gasteiger partial charge in [0.2, 0.25) is 5.89 Å². The Kier molecular flexibility index (Phi) is 5.30. The van der Waals surface area contributed by atoms with Crippen molar-refractivity contribution in [3.63, 3.8) is 0 Å². The van der Waals surface area contributed by atoms with Gasteiger partial charge in [-0.2, -0.15) is 5.26 Å². The van der Waals surface area contributed by atoms with Crippen LogP contribution in [0.25, 0.3) is 0 Å². The Bertz CT molecular complexity index is 939. The second-order valence-electron chi connectivity index (χ2n) is 5.57. The smallest absolute Gasteiger partial charge is 0.338 e. The first kappa shape index (κ1) is 17.2. The van der Waals surface area contributed by atoms with E-state index in [-0.39, 0.29) is 6.61 Å². The van der Waals surface area contributed by atoms with Gasteiger partial charge >= 0.3 is 5.97 Å². The molecule has 1 aromatic heterocycles. The van der Waals surface area contributed by atoms with Crippen LogP contribution in [0.3, 0.4) is 0 Å². The summed E-state index contributed by atoms with van der Waals surface area (Å²) in [4.78, 5) is 16.1. The maximum Gasteiger partial charge on any atom is 0.338 e. The van der Waals surface area contributed by atoms with E-state index in [0.29, 0.717) is 35.1 Å². The van der Waals surface area contributed by atoms with Crippen LogP contribution in [0.2, 0.25) is 0 Å². The van der Waals surface area contributed by atoms with E-state index in [1.807, 2.05) is 6.07 Å². The predicted molar refractivity (Wildman–Crippen MR) is 92.3 cm³/mol. The molecule has 3 aromatic rings. The zero-order valence-corrected chi connectivity index (χ0v) is 14.1. The minimum atomic E-state index is -0.457. The van der Waals surface area contributed by atoms with Gasteiger partial charge in [-0.25, -0.2) is 9.78 Å². The number of hydrogen-bond donors (Lipinski definition) is 0. The van der Waals surface area contributed by atoms with Crippen LogP contribution in [0.1, 0.15) is 33.1 Å². The Morgan fingerprint density at radius 3 is 2.69 bits per heavy atom. The molecule has 0 saturated carbocycles. The standard InChI is InChI=1S/C20H16N2O4/c1-14-11-22-19(26-14)13-25-20(23)17-4-2-3-16(9-17)12-24-18-7-5-15(10-21)6-8-18/h2-9,11H,12-13H2,1H3. The van der Waals surface area contributed by atoms with E-state index in [0.717, 1.165) is 5.56 Å². The number of nitriles is 1. The molecule has 6 nitrogen and oxygen atoms in total. The van der Waals surface area contributed by atoms with Gasteiger partial charge in [-0.1, -0.05) is 12.1 Å². The molecule has 0 bridgehead atoms. The third kappa shape index (κ3) is 4.48. The molecule has 0 radical (unpaired) electrons. The number of esters is 1. The van der Waals surface area contributed by atoms with Crippen molar-refractivity contribution in [3.8, 4) is 11.8 Å². The number of aryl methyl sites for hydroxylation is 1. The largest absolute Gasteiger partial charge is 0.489 e. The SMILES string of the molecule is Cc1cnc(COC(=O)c2cccc(COc3ccc(C#N)cc3)c2)o1. The molecule has 0 atom stereocenters. The Morgan fingerprint density at radius 1 is 1.19 bits per heavy atom. The summed E-state index contributed by atoms with van der Waals surface area (Å²) in [5.41, 5.74) is 1.83. The van der Waals surface area contributed by atoms with E-state index >= 15 is 0 Å². The molecule has 1 heterocycles. The van der Waals surface area contributed by atoms with Gasteiger partial charge in [0.1, 0.15) is 18.1 Å². The monoisotopic (exact) mass is 348 g/mol. The predicted octanol–water partition coefficient (Wildman–Crippen LogP) is 3.79. The van der Waals surface area contributed by atoms with Gasteiger partial charge in [-0.05, 0) is 48.9 Å². The summed E-state index contributed by atoms with van der Waals surface area (Å²) in [5, 5.41) is 8.79. The summed E-state index contributed by atoms with van der Waals surface area (Å²) < 4.78 is 16.1. The van der Waals surface area contributed by atoms with E-state index < -0.39 is 5.97 Å². The molecule has 26 heavy (non-hydrogen) atoms. The first-order valence-corrected chi connectivity index (χ1v) is 7.94. The summed E-state index contributed by atoms with van der Waals surface area (Å²) in [6.45, 7) is 2.06. The van der Waals surface area contributed by atoms with Crippen molar-refractivity contribution in [1.82, 2.24) is 4.98 Å². The number of carbonyl (C=O) groups excluding carboxylic acids is 1. The van der Waals surface area contributed by atoms with E-state index in [1.54, 1.807) is 55.6 Å². The van der Waals surface area contributed by atoms with Crippen molar-refractivity contribution in [3.05, 3.63) is 83.1 Å². The lowest BCUT2D eigenvalue weighted by molar-refractivity contribution is 0.0436. The minimum absolute atomic E-state index is 0.0152. The normalized spacial score (nSPS) is 10.2. The molecule has 0 N–H and O–H groups in total. The third-order valence-electron chi connectivity index (χ3n) is 3.55. The fourth-order valence-electron chi connectivity index (χ4n) is 2.26. The average Bonchev–Trinajstić information content (AvgIpc) is 3.10. The molecule has 0 aliphatic rings. The summed E-state index contributed by atoms with van der Waals surface area (Å²) in [6.07, 6.45) is 1.57. The van der Waals surface area contributed by atoms with Crippen LogP contribution < -0.4 is 4.74 Å². The van der Waals surface area contributed by atoms with Crippen molar-refractivity contribution in [2.75, 3.05) is 0 Å². The fourth-order valence-corrected chi connectivity index (χ4v) is 2.26. The summed E-state index contributed by atoms with van der Waals surface area (Å²) in [5.74, 6) is 1.21. The molecule has 0 aliphatic carbocycles. The molecular weight excluding hydrogens is 332 g/mol. The quantitative estimate of drug-likeness (QED) is 0.630. The number of carbonyl (C=O) groups is 1. The lowest BCUT2D eigenvalue weighted by Gasteiger charge is -2.08. The molecule has 0 fully saturated rings. The number of benzene rings is 2. The van der Waals surface area contributed by atoms with Gasteiger partial charge in [0, 0.05) is 0 Å². The van der Waals surface area contributed by atoms with Crippen molar-refractivity contribution >= 4 is 5.97 Å². The Labute approximate surface area is 150 Å². The Morgan fingerprint density at radius 2 is 2.00 bits per heavy atom. The molecule has 0 spiro atoms. The van der Waals surface area contributed by atoms with Crippen molar-refractivity contribution in [2.45, 2.75) is 20.1 Å². The van der Waals surface area contributed by atoms with E-state index in [1.165, 1.54) is 0 Å². The van der Waals surface area contributed by atoms with Crippen LogP contribution in [-0.4, -0.2) is 11.0 Å². The first-order chi connectivity index (χ1) is 12.6. The number of rotatable bonds is 6. The molecule has 2 aromatic carbocycles. The van der Waals surface area contributed by atoms with Gasteiger partial charge < -0.3 is 13.9 Å². The summed E-state index contributed by atoms with van der Waals surface area (Å²) in [6, 6.07) is 15.9. The summed E-state index contributed by atoms with van der Waals surface area (Å²) in [7, 11) is 0. The molecular formula is C20H16N2O4. The molecule has 6 heteroatoms. The van der Waals surface area contributed by atoms with Crippen molar-refractivity contribution in [2.24, 2.45) is 0 Å². The van der Waals surface area contributed by atoms with E-state index in [9.17, 15) is 4.79 Å². The van der Waals surface area contributed by atoms with Gasteiger partial charge in [0.25, 0.3) is 0 Å². The highest BCUT2D eigenvalue weighted by Gasteiger charge is 2.10. The number of oxazole rings is 1. The van der Waals surface area contributed by atoms with Crippen LogP contribution in [0.4, 0.5) is 0 Å². The Balaban J connectivity index is 1.58. The number of ether oxygens (including phenoxy) is 2. The first-order valence-electron chi connectivity index (χ1n) is 7.94. The second-order valence-corrected chi connectivity index (χ2v) is 5.57. The van der Waals surface area contributed by atoms with Crippen LogP contribution >= 0.6 is 0 Å². The van der Waals surface area contributed by atoms with Crippen LogP contribution in [0.5, 0.6) is 5.75 Å². The molecule has 0 unspecified atom stereocenters.